The van der Waals surface area contributed by atoms with E-state index in [0.717, 1.165) is 0 Å². The molecule has 1 N–H and O–H groups in total. The lowest BCUT2D eigenvalue weighted by Gasteiger charge is -2.20. The van der Waals surface area contributed by atoms with Crippen molar-refractivity contribution in [3.8, 4) is 18.1 Å². The average molecular weight is 203 g/mol. The van der Waals surface area contributed by atoms with Crippen LogP contribution in [0.2, 0.25) is 0 Å². The minimum absolute atomic E-state index is 0.0729. The Bertz CT molecular complexity index is 393. The van der Waals surface area contributed by atoms with Gasteiger partial charge in [0.25, 0.3) is 0 Å². The molecule has 0 aliphatic carbocycles. The van der Waals surface area contributed by atoms with Crippen molar-refractivity contribution in [1.29, 1.82) is 0 Å². The molecule has 78 valence electrons. The number of nitrogens with zero attached hydrogens (tertiary/aromatic N) is 1. The van der Waals surface area contributed by atoms with E-state index in [9.17, 15) is 9.90 Å². The van der Waals surface area contributed by atoms with Crippen molar-refractivity contribution in [2.75, 3.05) is 11.4 Å². The smallest absolute Gasteiger partial charge is 0.238 e. The molecule has 0 unspecified atom stereocenters. The van der Waals surface area contributed by atoms with Gasteiger partial charge in [-0.05, 0) is 19.1 Å². The summed E-state index contributed by atoms with van der Waals surface area (Å²) in [6.07, 6.45) is 5.16. The molecule has 1 aromatic carbocycles. The van der Waals surface area contributed by atoms with E-state index in [1.165, 1.54) is 6.07 Å². The fourth-order valence-corrected chi connectivity index (χ4v) is 1.35. The van der Waals surface area contributed by atoms with E-state index in [0.29, 0.717) is 12.2 Å². The van der Waals surface area contributed by atoms with Gasteiger partial charge in [-0.3, -0.25) is 4.79 Å². The molecule has 0 atom stereocenters. The summed E-state index contributed by atoms with van der Waals surface area (Å²) in [7, 11) is 0. The van der Waals surface area contributed by atoms with Crippen molar-refractivity contribution in [1.82, 2.24) is 0 Å². The van der Waals surface area contributed by atoms with Crippen LogP contribution >= 0.6 is 0 Å². The Labute approximate surface area is 89.3 Å². The van der Waals surface area contributed by atoms with E-state index in [-0.39, 0.29) is 18.1 Å². The summed E-state index contributed by atoms with van der Waals surface area (Å²) in [6, 6.07) is 6.55. The second kappa shape index (κ2) is 5.06. The highest BCUT2D eigenvalue weighted by Crippen LogP contribution is 2.20. The van der Waals surface area contributed by atoms with Gasteiger partial charge in [0.05, 0.1) is 6.42 Å². The highest BCUT2D eigenvalue weighted by atomic mass is 16.3. The van der Waals surface area contributed by atoms with E-state index < -0.39 is 0 Å². The summed E-state index contributed by atoms with van der Waals surface area (Å²) in [5.41, 5.74) is 0.665. The van der Waals surface area contributed by atoms with E-state index in [1.54, 1.807) is 23.1 Å². The number of carbonyl (C=O) groups excluding carboxylic acids is 1. The number of phenolic OH excluding ortho intramolecular Hbond substituents is 1. The van der Waals surface area contributed by atoms with Gasteiger partial charge in [-0.2, -0.15) is 0 Å². The lowest BCUT2D eigenvalue weighted by Crippen LogP contribution is -2.29. The van der Waals surface area contributed by atoms with Gasteiger partial charge in [0.15, 0.2) is 0 Å². The Balaban J connectivity index is 2.93. The largest absolute Gasteiger partial charge is 0.508 e. The Kier molecular flexibility index (Phi) is 3.75. The van der Waals surface area contributed by atoms with Crippen LogP contribution in [0.25, 0.3) is 0 Å². The SMILES string of the molecule is C#CCC(=O)N(CC)c1cccc(O)c1. The Morgan fingerprint density at radius 3 is 2.87 bits per heavy atom. The zero-order valence-corrected chi connectivity index (χ0v) is 8.60. The highest BCUT2D eigenvalue weighted by molar-refractivity contribution is 5.94. The molecule has 0 bridgehead atoms. The number of amides is 1. The minimum Gasteiger partial charge on any atom is -0.508 e. The van der Waals surface area contributed by atoms with Gasteiger partial charge < -0.3 is 10.0 Å². The molecule has 0 saturated heterocycles. The van der Waals surface area contributed by atoms with E-state index in [1.807, 2.05) is 6.92 Å². The van der Waals surface area contributed by atoms with Gasteiger partial charge >= 0.3 is 0 Å². The average Bonchev–Trinajstić information content (AvgIpc) is 2.19. The van der Waals surface area contributed by atoms with Gasteiger partial charge in [0, 0.05) is 18.3 Å². The second-order valence-corrected chi connectivity index (χ2v) is 3.04. The normalized spacial score (nSPS) is 9.33. The molecule has 1 amide bonds. The van der Waals surface area contributed by atoms with Crippen LogP contribution in [0, 0.1) is 12.3 Å². The van der Waals surface area contributed by atoms with Crippen molar-refractivity contribution in [2.45, 2.75) is 13.3 Å². The van der Waals surface area contributed by atoms with Crippen LogP contribution in [0.1, 0.15) is 13.3 Å². The van der Waals surface area contributed by atoms with Gasteiger partial charge in [-0.15, -0.1) is 6.42 Å². The van der Waals surface area contributed by atoms with Crippen LogP contribution in [0.5, 0.6) is 5.75 Å². The lowest BCUT2D eigenvalue weighted by atomic mass is 10.2. The van der Waals surface area contributed by atoms with Crippen LogP contribution < -0.4 is 4.90 Å². The van der Waals surface area contributed by atoms with E-state index in [4.69, 9.17) is 6.42 Å². The van der Waals surface area contributed by atoms with Crippen molar-refractivity contribution in [3.63, 3.8) is 0 Å². The lowest BCUT2D eigenvalue weighted by molar-refractivity contribution is -0.117. The number of hydrogen-bond acceptors (Lipinski definition) is 2. The second-order valence-electron chi connectivity index (χ2n) is 3.04. The zero-order chi connectivity index (χ0) is 11.3. The van der Waals surface area contributed by atoms with Gasteiger partial charge in [0.2, 0.25) is 5.91 Å². The molecule has 0 aliphatic rings. The first kappa shape index (κ1) is 11.1. The first-order valence-corrected chi connectivity index (χ1v) is 4.72. The third-order valence-corrected chi connectivity index (χ3v) is 2.01. The Morgan fingerprint density at radius 1 is 1.60 bits per heavy atom. The topological polar surface area (TPSA) is 40.5 Å². The maximum atomic E-state index is 11.6. The molecule has 0 fully saturated rings. The first-order valence-electron chi connectivity index (χ1n) is 4.72. The molecule has 0 heterocycles. The highest BCUT2D eigenvalue weighted by Gasteiger charge is 2.12. The standard InChI is InChI=1S/C12H13NO2/c1-3-6-12(15)13(4-2)10-7-5-8-11(14)9-10/h1,5,7-9,14H,4,6H2,2H3. The number of phenols is 1. The summed E-state index contributed by atoms with van der Waals surface area (Å²) in [5.74, 6) is 2.32. The molecule has 0 spiro atoms. The molecular weight excluding hydrogens is 190 g/mol. The van der Waals surface area contributed by atoms with Crippen molar-refractivity contribution < 1.29 is 9.90 Å². The van der Waals surface area contributed by atoms with Crippen LogP contribution in [-0.4, -0.2) is 17.6 Å². The molecule has 15 heavy (non-hydrogen) atoms. The number of benzene rings is 1. The number of anilines is 1. The predicted octanol–water partition coefficient (Wildman–Crippen LogP) is 1.77. The van der Waals surface area contributed by atoms with Crippen molar-refractivity contribution in [3.05, 3.63) is 24.3 Å². The molecule has 0 saturated carbocycles. The third kappa shape index (κ3) is 2.75. The van der Waals surface area contributed by atoms with E-state index in [2.05, 4.69) is 5.92 Å². The Hall–Kier alpha value is -1.95. The minimum atomic E-state index is -0.134. The number of aromatic hydroxyl groups is 1. The van der Waals surface area contributed by atoms with Crippen molar-refractivity contribution >= 4 is 11.6 Å². The quantitative estimate of drug-likeness (QED) is 0.760. The van der Waals surface area contributed by atoms with Gasteiger partial charge in [-0.25, -0.2) is 0 Å². The number of rotatable bonds is 3. The molecule has 3 heteroatoms. The van der Waals surface area contributed by atoms with Crippen LogP contribution in [0.15, 0.2) is 24.3 Å². The molecule has 0 aromatic heterocycles. The van der Waals surface area contributed by atoms with Crippen LogP contribution in [-0.2, 0) is 4.79 Å². The van der Waals surface area contributed by atoms with E-state index >= 15 is 0 Å². The van der Waals surface area contributed by atoms with Crippen molar-refractivity contribution in [2.24, 2.45) is 0 Å². The maximum Gasteiger partial charge on any atom is 0.238 e. The first-order chi connectivity index (χ1) is 7.19. The molecular formula is C12H13NO2. The van der Waals surface area contributed by atoms with Gasteiger partial charge in [-0.1, -0.05) is 12.0 Å². The number of hydrogen-bond donors (Lipinski definition) is 1. The van der Waals surface area contributed by atoms with Gasteiger partial charge in [0.1, 0.15) is 5.75 Å². The summed E-state index contributed by atoms with van der Waals surface area (Å²) >= 11 is 0. The summed E-state index contributed by atoms with van der Waals surface area (Å²) in [5, 5.41) is 9.29. The third-order valence-electron chi connectivity index (χ3n) is 2.01. The zero-order valence-electron chi connectivity index (χ0n) is 8.60. The molecule has 1 rings (SSSR count). The molecule has 1 aromatic rings. The van der Waals surface area contributed by atoms with Crippen LogP contribution in [0.4, 0.5) is 5.69 Å². The summed E-state index contributed by atoms with van der Waals surface area (Å²) in [6.45, 7) is 2.39. The fourth-order valence-electron chi connectivity index (χ4n) is 1.35. The Morgan fingerprint density at radius 2 is 2.33 bits per heavy atom. The molecule has 3 nitrogen and oxygen atoms in total. The summed E-state index contributed by atoms with van der Waals surface area (Å²) in [4.78, 5) is 13.1. The maximum absolute atomic E-state index is 11.6. The molecule has 0 radical (unpaired) electrons. The van der Waals surface area contributed by atoms with Crippen LogP contribution in [0.3, 0.4) is 0 Å². The molecule has 0 aliphatic heterocycles. The number of carbonyl (C=O) groups is 1. The number of terminal acetylenes is 1. The monoisotopic (exact) mass is 203 g/mol. The summed E-state index contributed by atoms with van der Waals surface area (Å²) < 4.78 is 0. The predicted molar refractivity (Wildman–Crippen MR) is 59.6 cm³/mol. The fraction of sp³-hybridized carbons (Fsp3) is 0.250.